The van der Waals surface area contributed by atoms with Crippen molar-refractivity contribution in [2.24, 2.45) is 0 Å². The number of anilines is 1. The Balaban J connectivity index is 1.50. The van der Waals surface area contributed by atoms with Gasteiger partial charge in [0, 0.05) is 57.8 Å². The van der Waals surface area contributed by atoms with Gasteiger partial charge in [-0.25, -0.2) is 14.6 Å². The zero-order chi connectivity index (χ0) is 20.9. The van der Waals surface area contributed by atoms with Crippen molar-refractivity contribution in [1.82, 2.24) is 34.5 Å². The number of amides is 2. The number of rotatable bonds is 5. The molecule has 1 aliphatic rings. The molecule has 0 aromatic carbocycles. The molecule has 10 nitrogen and oxygen atoms in total. The largest absolute Gasteiger partial charge is 0.340 e. The number of pyridine rings is 1. The fraction of sp³-hybridized carbons (Fsp3) is 0.300. The lowest BCUT2D eigenvalue weighted by molar-refractivity contribution is -0.130. The van der Waals surface area contributed by atoms with Crippen molar-refractivity contribution in [1.29, 1.82) is 0 Å². The van der Waals surface area contributed by atoms with E-state index in [9.17, 15) is 9.59 Å². The predicted octanol–water partition coefficient (Wildman–Crippen LogP) is 0.827. The molecule has 0 radical (unpaired) electrons. The molecule has 4 heterocycles. The van der Waals surface area contributed by atoms with Gasteiger partial charge in [-0.15, -0.1) is 0 Å². The van der Waals surface area contributed by atoms with Crippen LogP contribution in [0.25, 0.3) is 17.3 Å². The molecular formula is C20H22N8O2. The highest BCUT2D eigenvalue weighted by atomic mass is 16.2. The molecule has 0 unspecified atom stereocenters. The van der Waals surface area contributed by atoms with Crippen molar-refractivity contribution in [2.75, 3.05) is 38.0 Å². The molecule has 0 saturated carbocycles. The first kappa shape index (κ1) is 19.6. The van der Waals surface area contributed by atoms with E-state index >= 15 is 0 Å². The minimum atomic E-state index is -0.177. The van der Waals surface area contributed by atoms with E-state index in [1.165, 1.54) is 0 Å². The van der Waals surface area contributed by atoms with Gasteiger partial charge in [0.1, 0.15) is 11.5 Å². The van der Waals surface area contributed by atoms with Crippen LogP contribution in [0.4, 0.5) is 5.82 Å². The van der Waals surface area contributed by atoms with E-state index in [2.05, 4.69) is 25.4 Å². The number of carbonyl (C=O) groups excluding carboxylic acids is 2. The molecule has 154 valence electrons. The van der Waals surface area contributed by atoms with Gasteiger partial charge >= 0.3 is 0 Å². The number of aromatic nitrogens is 5. The Hall–Kier alpha value is -3.66. The lowest BCUT2D eigenvalue weighted by Gasteiger charge is -2.33. The highest BCUT2D eigenvalue weighted by molar-refractivity contribution is 5.91. The Bertz CT molecular complexity index is 1010. The fourth-order valence-electron chi connectivity index (χ4n) is 3.24. The molecule has 1 N–H and O–H groups in total. The van der Waals surface area contributed by atoms with Gasteiger partial charge in [0.05, 0.1) is 6.54 Å². The van der Waals surface area contributed by atoms with Gasteiger partial charge in [-0.2, -0.15) is 5.10 Å². The zero-order valence-corrected chi connectivity index (χ0v) is 16.6. The van der Waals surface area contributed by atoms with E-state index in [4.69, 9.17) is 0 Å². The van der Waals surface area contributed by atoms with Gasteiger partial charge in [-0.05, 0) is 18.2 Å². The quantitative estimate of drug-likeness (QED) is 0.668. The van der Waals surface area contributed by atoms with Crippen LogP contribution in [0.1, 0.15) is 6.92 Å². The Morgan fingerprint density at radius 1 is 1.07 bits per heavy atom. The summed E-state index contributed by atoms with van der Waals surface area (Å²) in [6, 6.07) is 8.94. The van der Waals surface area contributed by atoms with E-state index in [0.29, 0.717) is 49.3 Å². The van der Waals surface area contributed by atoms with Crippen LogP contribution in [0.2, 0.25) is 0 Å². The van der Waals surface area contributed by atoms with Crippen molar-refractivity contribution in [3.63, 3.8) is 0 Å². The summed E-state index contributed by atoms with van der Waals surface area (Å²) in [6.45, 7) is 4.37. The normalized spacial score (nSPS) is 14.5. The second kappa shape index (κ2) is 8.78. The van der Waals surface area contributed by atoms with E-state index in [1.54, 1.807) is 47.2 Å². The molecule has 1 fully saturated rings. The molecule has 3 aromatic heterocycles. The number of carbonyl (C=O) groups is 2. The third-order valence-electron chi connectivity index (χ3n) is 4.80. The summed E-state index contributed by atoms with van der Waals surface area (Å²) < 4.78 is 1.60. The van der Waals surface area contributed by atoms with Crippen LogP contribution in [0.5, 0.6) is 0 Å². The number of piperazine rings is 1. The maximum absolute atomic E-state index is 12.6. The van der Waals surface area contributed by atoms with Crippen LogP contribution < -0.4 is 5.32 Å². The summed E-state index contributed by atoms with van der Waals surface area (Å²) in [5, 5.41) is 7.06. The first-order valence-corrected chi connectivity index (χ1v) is 9.67. The molecule has 1 saturated heterocycles. The predicted molar refractivity (Wildman–Crippen MR) is 110 cm³/mol. The first-order chi connectivity index (χ1) is 14.6. The van der Waals surface area contributed by atoms with Crippen LogP contribution in [0.3, 0.4) is 0 Å². The van der Waals surface area contributed by atoms with Gasteiger partial charge in [0.25, 0.3) is 0 Å². The summed E-state index contributed by atoms with van der Waals surface area (Å²) in [6.07, 6.45) is 5.09. The number of nitrogens with one attached hydrogen (secondary N) is 1. The average molecular weight is 406 g/mol. The highest BCUT2D eigenvalue weighted by Crippen LogP contribution is 2.18. The van der Waals surface area contributed by atoms with Crippen molar-refractivity contribution in [3.05, 3.63) is 48.9 Å². The van der Waals surface area contributed by atoms with Gasteiger partial charge in [-0.1, -0.05) is 6.07 Å². The molecule has 3 aromatic rings. The topological polar surface area (TPSA) is 109 Å². The highest BCUT2D eigenvalue weighted by Gasteiger charge is 2.21. The van der Waals surface area contributed by atoms with E-state index in [1.807, 2.05) is 23.1 Å². The molecule has 0 spiro atoms. The lowest BCUT2D eigenvalue weighted by Crippen LogP contribution is -2.49. The second-order valence-electron chi connectivity index (χ2n) is 6.93. The number of hydrogen-bond acceptors (Lipinski definition) is 7. The SMILES string of the molecule is CC(=O)N1CCN(CC(=O)Nc2cc(-n3cccn3)nc(-c3ccccn3)n2)CC1. The molecule has 0 bridgehead atoms. The molecular weight excluding hydrogens is 384 g/mol. The first-order valence-electron chi connectivity index (χ1n) is 9.67. The van der Waals surface area contributed by atoms with E-state index in [-0.39, 0.29) is 18.4 Å². The van der Waals surface area contributed by atoms with E-state index in [0.717, 1.165) is 0 Å². The summed E-state index contributed by atoms with van der Waals surface area (Å²) in [5.74, 6) is 1.19. The fourth-order valence-corrected chi connectivity index (χ4v) is 3.24. The molecule has 0 atom stereocenters. The third-order valence-corrected chi connectivity index (χ3v) is 4.80. The third kappa shape index (κ3) is 4.66. The van der Waals surface area contributed by atoms with Crippen LogP contribution in [-0.4, -0.2) is 79.1 Å². The molecule has 0 aliphatic carbocycles. The van der Waals surface area contributed by atoms with Crippen LogP contribution in [-0.2, 0) is 9.59 Å². The van der Waals surface area contributed by atoms with Crippen LogP contribution in [0, 0.1) is 0 Å². The molecule has 10 heteroatoms. The van der Waals surface area contributed by atoms with Crippen molar-refractivity contribution in [3.8, 4) is 17.3 Å². The Labute approximate surface area is 173 Å². The van der Waals surface area contributed by atoms with Crippen LogP contribution in [0.15, 0.2) is 48.9 Å². The maximum atomic E-state index is 12.6. The van der Waals surface area contributed by atoms with Crippen LogP contribution >= 0.6 is 0 Å². The van der Waals surface area contributed by atoms with Crippen molar-refractivity contribution >= 4 is 17.6 Å². The summed E-state index contributed by atoms with van der Waals surface area (Å²) in [4.78, 5) is 41.1. The van der Waals surface area contributed by atoms with Crippen molar-refractivity contribution < 1.29 is 9.59 Å². The molecule has 4 rings (SSSR count). The maximum Gasteiger partial charge on any atom is 0.239 e. The summed E-state index contributed by atoms with van der Waals surface area (Å²) in [7, 11) is 0. The zero-order valence-electron chi connectivity index (χ0n) is 16.6. The molecule has 1 aliphatic heterocycles. The summed E-state index contributed by atoms with van der Waals surface area (Å²) in [5.41, 5.74) is 0.599. The monoisotopic (exact) mass is 406 g/mol. The van der Waals surface area contributed by atoms with Gasteiger partial charge in [0.15, 0.2) is 11.6 Å². The summed E-state index contributed by atoms with van der Waals surface area (Å²) >= 11 is 0. The number of nitrogens with zero attached hydrogens (tertiary/aromatic N) is 7. The number of hydrogen-bond donors (Lipinski definition) is 1. The Morgan fingerprint density at radius 3 is 2.57 bits per heavy atom. The Morgan fingerprint density at radius 2 is 1.90 bits per heavy atom. The lowest BCUT2D eigenvalue weighted by atomic mass is 10.3. The second-order valence-corrected chi connectivity index (χ2v) is 6.93. The molecule has 30 heavy (non-hydrogen) atoms. The van der Waals surface area contributed by atoms with Gasteiger partial charge < -0.3 is 10.2 Å². The van der Waals surface area contributed by atoms with Crippen molar-refractivity contribution in [2.45, 2.75) is 6.92 Å². The minimum absolute atomic E-state index is 0.0632. The van der Waals surface area contributed by atoms with Gasteiger partial charge in [0.2, 0.25) is 11.8 Å². The Kier molecular flexibility index (Phi) is 5.75. The van der Waals surface area contributed by atoms with Gasteiger partial charge in [-0.3, -0.25) is 19.5 Å². The smallest absolute Gasteiger partial charge is 0.239 e. The minimum Gasteiger partial charge on any atom is -0.340 e. The standard InChI is InChI=1S/C20H22N8O2/c1-15(29)27-11-9-26(10-12-27)14-19(30)23-17-13-18(28-8-4-7-22-28)25-20(24-17)16-5-2-3-6-21-16/h2-8,13H,9-12,14H2,1H3,(H,23,24,25,30). The average Bonchev–Trinajstić information content (AvgIpc) is 3.29. The molecule has 2 amide bonds. The van der Waals surface area contributed by atoms with E-state index < -0.39 is 0 Å².